The Balaban J connectivity index is 1.42. The lowest BCUT2D eigenvalue weighted by Crippen LogP contribution is -2.40. The van der Waals surface area contributed by atoms with E-state index in [1.165, 1.54) is 12.1 Å². The molecule has 1 aliphatic carbocycles. The maximum atomic E-state index is 13.4. The number of anilines is 1. The molecule has 0 spiro atoms. The minimum Gasteiger partial charge on any atom is -0.478 e. The normalized spacial score (nSPS) is 25.1. The highest BCUT2D eigenvalue weighted by Gasteiger charge is 2.45. The number of rotatable bonds is 5. The quantitative estimate of drug-likeness (QED) is 0.632. The summed E-state index contributed by atoms with van der Waals surface area (Å²) in [6.07, 6.45) is -4.13. The minimum atomic E-state index is -4.36. The molecule has 1 heterocycles. The smallest absolute Gasteiger partial charge is 0.416 e. The summed E-state index contributed by atoms with van der Waals surface area (Å²) >= 11 is 0. The number of hydrogen-bond acceptors (Lipinski definition) is 4. The van der Waals surface area contributed by atoms with Gasteiger partial charge in [-0.2, -0.15) is 13.2 Å². The van der Waals surface area contributed by atoms with Crippen LogP contribution >= 0.6 is 0 Å². The molecule has 1 saturated heterocycles. The Labute approximate surface area is 172 Å². The van der Waals surface area contributed by atoms with E-state index in [1.807, 2.05) is 4.90 Å². The van der Waals surface area contributed by atoms with Gasteiger partial charge in [-0.15, -0.1) is 0 Å². The van der Waals surface area contributed by atoms with Gasteiger partial charge in [-0.1, -0.05) is 30.3 Å². The third-order valence-electron chi connectivity index (χ3n) is 6.27. The number of hydrogen-bond donors (Lipinski definition) is 3. The van der Waals surface area contributed by atoms with Gasteiger partial charge in [0.05, 0.1) is 16.8 Å². The molecule has 2 aliphatic rings. The number of para-hydroxylation sites is 1. The van der Waals surface area contributed by atoms with Crippen LogP contribution in [-0.4, -0.2) is 40.5 Å². The van der Waals surface area contributed by atoms with E-state index in [0.717, 1.165) is 6.07 Å². The lowest BCUT2D eigenvalue weighted by molar-refractivity contribution is -0.138. The van der Waals surface area contributed by atoms with E-state index in [2.05, 4.69) is 5.32 Å². The van der Waals surface area contributed by atoms with Gasteiger partial charge in [-0.25, -0.2) is 4.79 Å². The average molecular weight is 420 g/mol. The topological polar surface area (TPSA) is 72.8 Å². The molecule has 2 aromatic carbocycles. The largest absolute Gasteiger partial charge is 0.478 e. The molecule has 3 N–H and O–H groups in total. The first-order valence-electron chi connectivity index (χ1n) is 9.91. The zero-order valence-corrected chi connectivity index (χ0v) is 16.1. The average Bonchev–Trinajstić information content (AvgIpc) is 3.27. The second-order valence-electron chi connectivity index (χ2n) is 8.10. The molecule has 2 aromatic rings. The third-order valence-corrected chi connectivity index (χ3v) is 6.27. The Morgan fingerprint density at radius 3 is 2.27 bits per heavy atom. The summed E-state index contributed by atoms with van der Waals surface area (Å²) in [6, 6.07) is 12.1. The van der Waals surface area contributed by atoms with Crippen LogP contribution < -0.4 is 5.32 Å². The Kier molecular flexibility index (Phi) is 5.46. The molecular weight excluding hydrogens is 397 g/mol. The molecule has 8 heteroatoms. The van der Waals surface area contributed by atoms with Crippen LogP contribution in [0.2, 0.25) is 0 Å². The second-order valence-corrected chi connectivity index (χ2v) is 8.10. The standard InChI is InChI=1S/C22H23F3N2O3/c23-22(24,25)18-7-3-1-5-16(18)13-9-14-11-27(12-15(14)10-13)21(30)26-19-8-4-2-6-17(19)20(28)29/h1-8,13-15,21,26,30H,9-12H2,(H,28,29)/t13?,14-,15+,21?. The van der Waals surface area contributed by atoms with Crippen LogP contribution in [0, 0.1) is 11.8 Å². The number of halogens is 3. The molecule has 0 bridgehead atoms. The number of likely N-dealkylation sites (tertiary alicyclic amines) is 1. The van der Waals surface area contributed by atoms with Crippen molar-refractivity contribution >= 4 is 11.7 Å². The van der Waals surface area contributed by atoms with E-state index >= 15 is 0 Å². The van der Waals surface area contributed by atoms with Crippen molar-refractivity contribution in [3.63, 3.8) is 0 Å². The summed E-state index contributed by atoms with van der Waals surface area (Å²) in [5.41, 5.74) is 0.199. The fraction of sp³-hybridized carbons (Fsp3) is 0.409. The maximum Gasteiger partial charge on any atom is 0.416 e. The molecule has 0 aromatic heterocycles. The maximum absolute atomic E-state index is 13.4. The number of nitrogens with zero attached hydrogens (tertiary/aromatic N) is 1. The summed E-state index contributed by atoms with van der Waals surface area (Å²) in [7, 11) is 0. The van der Waals surface area contributed by atoms with Crippen molar-refractivity contribution in [2.24, 2.45) is 11.8 Å². The van der Waals surface area contributed by atoms with E-state index in [1.54, 1.807) is 30.3 Å². The highest BCUT2D eigenvalue weighted by atomic mass is 19.4. The van der Waals surface area contributed by atoms with Crippen molar-refractivity contribution < 1.29 is 28.2 Å². The molecule has 1 aliphatic heterocycles. The lowest BCUT2D eigenvalue weighted by atomic mass is 9.91. The Morgan fingerprint density at radius 2 is 1.63 bits per heavy atom. The van der Waals surface area contributed by atoms with Crippen molar-refractivity contribution in [3.8, 4) is 0 Å². The number of carboxylic acids is 1. The summed E-state index contributed by atoms with van der Waals surface area (Å²) in [5, 5.41) is 22.7. The highest BCUT2D eigenvalue weighted by molar-refractivity contribution is 5.94. The molecule has 1 saturated carbocycles. The van der Waals surface area contributed by atoms with Gasteiger partial charge in [0.15, 0.2) is 6.35 Å². The molecule has 30 heavy (non-hydrogen) atoms. The van der Waals surface area contributed by atoms with Gasteiger partial charge in [-0.05, 0) is 54.4 Å². The van der Waals surface area contributed by atoms with Crippen molar-refractivity contribution in [1.82, 2.24) is 4.90 Å². The molecule has 5 nitrogen and oxygen atoms in total. The number of carboxylic acid groups (broad SMARTS) is 1. The fourth-order valence-electron chi connectivity index (χ4n) is 4.93. The van der Waals surface area contributed by atoms with E-state index in [0.29, 0.717) is 37.2 Å². The monoisotopic (exact) mass is 420 g/mol. The summed E-state index contributed by atoms with van der Waals surface area (Å²) in [5.74, 6) is -0.836. The molecular formula is C22H23F3N2O3. The van der Waals surface area contributed by atoms with E-state index in [4.69, 9.17) is 0 Å². The molecule has 4 atom stereocenters. The molecule has 2 unspecified atom stereocenters. The molecule has 0 amide bonds. The lowest BCUT2D eigenvalue weighted by Gasteiger charge is -2.27. The van der Waals surface area contributed by atoms with E-state index in [9.17, 15) is 28.2 Å². The van der Waals surface area contributed by atoms with Crippen LogP contribution in [0.15, 0.2) is 48.5 Å². The van der Waals surface area contributed by atoms with Gasteiger partial charge in [0.2, 0.25) is 0 Å². The van der Waals surface area contributed by atoms with Gasteiger partial charge in [0.1, 0.15) is 0 Å². The highest BCUT2D eigenvalue weighted by Crippen LogP contribution is 2.49. The fourth-order valence-corrected chi connectivity index (χ4v) is 4.93. The number of aliphatic hydroxyl groups excluding tert-OH is 1. The molecule has 4 rings (SSSR count). The Bertz CT molecular complexity index is 920. The minimum absolute atomic E-state index is 0.0692. The van der Waals surface area contributed by atoms with Crippen LogP contribution in [0.3, 0.4) is 0 Å². The number of fused-ring (bicyclic) bond motifs is 1. The first kappa shape index (κ1) is 20.7. The van der Waals surface area contributed by atoms with E-state index in [-0.39, 0.29) is 23.3 Å². The third kappa shape index (κ3) is 4.02. The number of carbonyl (C=O) groups is 1. The first-order valence-corrected chi connectivity index (χ1v) is 9.91. The van der Waals surface area contributed by atoms with Crippen LogP contribution in [0.4, 0.5) is 18.9 Å². The SMILES string of the molecule is O=C(O)c1ccccc1NC(O)N1C[C@H]2CC(c3ccccc3C(F)(F)F)C[C@H]2C1. The zero-order chi connectivity index (χ0) is 21.5. The van der Waals surface area contributed by atoms with Gasteiger partial charge < -0.3 is 15.5 Å². The van der Waals surface area contributed by atoms with Gasteiger partial charge in [0.25, 0.3) is 0 Å². The molecule has 160 valence electrons. The van der Waals surface area contributed by atoms with Crippen LogP contribution in [0.25, 0.3) is 0 Å². The van der Waals surface area contributed by atoms with Crippen molar-refractivity contribution in [3.05, 3.63) is 65.2 Å². The molecule has 0 radical (unpaired) electrons. The predicted molar refractivity (Wildman–Crippen MR) is 105 cm³/mol. The van der Waals surface area contributed by atoms with Crippen LogP contribution in [0.1, 0.15) is 40.2 Å². The predicted octanol–water partition coefficient (Wildman–Crippen LogP) is 4.22. The number of benzene rings is 2. The van der Waals surface area contributed by atoms with E-state index < -0.39 is 24.1 Å². The van der Waals surface area contributed by atoms with Crippen LogP contribution in [0.5, 0.6) is 0 Å². The Morgan fingerprint density at radius 1 is 1.03 bits per heavy atom. The number of alkyl halides is 3. The van der Waals surface area contributed by atoms with Crippen LogP contribution in [-0.2, 0) is 6.18 Å². The van der Waals surface area contributed by atoms with Gasteiger partial charge in [-0.3, -0.25) is 4.90 Å². The van der Waals surface area contributed by atoms with Gasteiger partial charge >= 0.3 is 12.1 Å². The summed E-state index contributed by atoms with van der Waals surface area (Å²) in [4.78, 5) is 13.2. The number of aromatic carboxylic acids is 1. The summed E-state index contributed by atoms with van der Waals surface area (Å²) < 4.78 is 40.1. The van der Waals surface area contributed by atoms with Gasteiger partial charge in [0, 0.05) is 13.1 Å². The number of nitrogens with one attached hydrogen (secondary N) is 1. The molecule has 2 fully saturated rings. The summed E-state index contributed by atoms with van der Waals surface area (Å²) in [6.45, 7) is 1.11. The van der Waals surface area contributed by atoms with Crippen molar-refractivity contribution in [2.75, 3.05) is 18.4 Å². The van der Waals surface area contributed by atoms with Crippen molar-refractivity contribution in [2.45, 2.75) is 31.3 Å². The zero-order valence-electron chi connectivity index (χ0n) is 16.1. The first-order chi connectivity index (χ1) is 14.2. The van der Waals surface area contributed by atoms with Crippen molar-refractivity contribution in [1.29, 1.82) is 0 Å². The Hall–Kier alpha value is -2.58. The number of aliphatic hydroxyl groups is 1. The second kappa shape index (κ2) is 7.92.